The molecule has 3 rings (SSSR count). The van der Waals surface area contributed by atoms with Crippen molar-refractivity contribution in [2.75, 3.05) is 18.5 Å². The second kappa shape index (κ2) is 9.76. The van der Waals surface area contributed by atoms with Gasteiger partial charge in [-0.25, -0.2) is 5.43 Å². The molecule has 0 radical (unpaired) electrons. The molecule has 2 N–H and O–H groups in total. The molecule has 0 saturated carbocycles. The molecule has 3 aromatic rings. The molecule has 0 aliphatic heterocycles. The van der Waals surface area contributed by atoms with E-state index in [9.17, 15) is 4.79 Å². The van der Waals surface area contributed by atoms with Crippen molar-refractivity contribution in [3.05, 3.63) is 71.2 Å². The van der Waals surface area contributed by atoms with Crippen LogP contribution in [0.2, 0.25) is 5.02 Å². The van der Waals surface area contributed by atoms with Crippen molar-refractivity contribution in [3.63, 3.8) is 0 Å². The molecule has 0 spiro atoms. The fourth-order valence-corrected chi connectivity index (χ4v) is 2.83. The van der Waals surface area contributed by atoms with E-state index in [-0.39, 0.29) is 12.5 Å². The molecule has 28 heavy (non-hydrogen) atoms. The predicted octanol–water partition coefficient (Wildman–Crippen LogP) is 4.84. The van der Waals surface area contributed by atoms with Gasteiger partial charge in [-0.2, -0.15) is 5.10 Å². The van der Waals surface area contributed by atoms with Crippen molar-refractivity contribution in [1.82, 2.24) is 5.43 Å². The van der Waals surface area contributed by atoms with Crippen LogP contribution in [-0.4, -0.2) is 25.3 Å². The first kappa shape index (κ1) is 19.7. The van der Waals surface area contributed by atoms with Crippen LogP contribution in [0.3, 0.4) is 0 Å². The average molecular weight is 396 g/mol. The zero-order valence-corrected chi connectivity index (χ0v) is 16.4. The standard InChI is InChI=1S/C22H22ClN3O2/c1-2-13-28-21-12-7-16-5-3-4-6-19(16)20(21)14-25-26-22(27)15-24-18-10-8-17(23)9-11-18/h3-12,14,24H,2,13,15H2,1H3,(H,26,27)/b25-14-. The quantitative estimate of drug-likeness (QED) is 0.423. The number of benzene rings is 3. The number of halogens is 1. The fraction of sp³-hybridized carbons (Fsp3) is 0.182. The minimum atomic E-state index is -0.248. The number of rotatable bonds is 8. The maximum absolute atomic E-state index is 12.0. The van der Waals surface area contributed by atoms with E-state index in [4.69, 9.17) is 16.3 Å². The molecule has 0 aliphatic carbocycles. The molecule has 0 aromatic heterocycles. The van der Waals surface area contributed by atoms with Gasteiger partial charge in [-0.1, -0.05) is 48.9 Å². The highest BCUT2D eigenvalue weighted by Gasteiger charge is 2.07. The highest BCUT2D eigenvalue weighted by molar-refractivity contribution is 6.30. The summed E-state index contributed by atoms with van der Waals surface area (Å²) in [5, 5.41) is 9.90. The van der Waals surface area contributed by atoms with E-state index < -0.39 is 0 Å². The molecule has 1 amide bonds. The summed E-state index contributed by atoms with van der Waals surface area (Å²) in [5.74, 6) is 0.500. The van der Waals surface area contributed by atoms with Crippen LogP contribution in [0.15, 0.2) is 65.8 Å². The molecule has 0 atom stereocenters. The van der Waals surface area contributed by atoms with Gasteiger partial charge in [0.1, 0.15) is 5.75 Å². The Morgan fingerprint density at radius 1 is 1.11 bits per heavy atom. The Kier molecular flexibility index (Phi) is 6.87. The lowest BCUT2D eigenvalue weighted by atomic mass is 10.0. The van der Waals surface area contributed by atoms with Crippen molar-refractivity contribution < 1.29 is 9.53 Å². The third-order valence-electron chi connectivity index (χ3n) is 4.07. The number of carbonyl (C=O) groups excluding carboxylic acids is 1. The number of amides is 1. The van der Waals surface area contributed by atoms with Crippen LogP contribution >= 0.6 is 11.6 Å². The Morgan fingerprint density at radius 2 is 1.89 bits per heavy atom. The zero-order chi connectivity index (χ0) is 19.8. The summed E-state index contributed by atoms with van der Waals surface area (Å²) < 4.78 is 5.84. The highest BCUT2D eigenvalue weighted by atomic mass is 35.5. The van der Waals surface area contributed by atoms with Crippen LogP contribution in [-0.2, 0) is 4.79 Å². The zero-order valence-electron chi connectivity index (χ0n) is 15.6. The molecule has 0 bridgehead atoms. The molecule has 0 aliphatic rings. The van der Waals surface area contributed by atoms with Gasteiger partial charge in [-0.3, -0.25) is 4.79 Å². The maximum Gasteiger partial charge on any atom is 0.259 e. The molecular weight excluding hydrogens is 374 g/mol. The average Bonchev–Trinajstić information content (AvgIpc) is 2.72. The van der Waals surface area contributed by atoms with Crippen molar-refractivity contribution in [1.29, 1.82) is 0 Å². The monoisotopic (exact) mass is 395 g/mol. The van der Waals surface area contributed by atoms with Crippen LogP contribution in [0.4, 0.5) is 5.69 Å². The summed E-state index contributed by atoms with van der Waals surface area (Å²) in [4.78, 5) is 12.0. The van der Waals surface area contributed by atoms with Crippen molar-refractivity contribution in [3.8, 4) is 5.75 Å². The van der Waals surface area contributed by atoms with Gasteiger partial charge < -0.3 is 10.1 Å². The maximum atomic E-state index is 12.0. The third kappa shape index (κ3) is 5.24. The van der Waals surface area contributed by atoms with E-state index in [0.29, 0.717) is 11.6 Å². The summed E-state index contributed by atoms with van der Waals surface area (Å²) in [7, 11) is 0. The number of hydrogen-bond acceptors (Lipinski definition) is 4. The van der Waals surface area contributed by atoms with Crippen LogP contribution in [0.5, 0.6) is 5.75 Å². The van der Waals surface area contributed by atoms with Gasteiger partial charge in [0.05, 0.1) is 19.4 Å². The Morgan fingerprint density at radius 3 is 2.68 bits per heavy atom. The van der Waals surface area contributed by atoms with Gasteiger partial charge in [0.15, 0.2) is 0 Å². The summed E-state index contributed by atoms with van der Waals surface area (Å²) >= 11 is 5.85. The first-order valence-electron chi connectivity index (χ1n) is 9.13. The van der Waals surface area contributed by atoms with Crippen LogP contribution < -0.4 is 15.5 Å². The second-order valence-electron chi connectivity index (χ2n) is 6.20. The van der Waals surface area contributed by atoms with Gasteiger partial charge in [-0.15, -0.1) is 0 Å². The molecule has 6 heteroatoms. The molecule has 144 valence electrons. The highest BCUT2D eigenvalue weighted by Crippen LogP contribution is 2.26. The topological polar surface area (TPSA) is 62.7 Å². The van der Waals surface area contributed by atoms with E-state index >= 15 is 0 Å². The van der Waals surface area contributed by atoms with E-state index in [1.165, 1.54) is 0 Å². The Bertz CT molecular complexity index is 971. The van der Waals surface area contributed by atoms with Gasteiger partial charge in [0.25, 0.3) is 5.91 Å². The van der Waals surface area contributed by atoms with Crippen LogP contribution in [0.1, 0.15) is 18.9 Å². The lowest BCUT2D eigenvalue weighted by Crippen LogP contribution is -2.25. The number of hydrogen-bond donors (Lipinski definition) is 2. The van der Waals surface area contributed by atoms with Crippen molar-refractivity contribution in [2.45, 2.75) is 13.3 Å². The first-order chi connectivity index (χ1) is 13.7. The number of hydrazone groups is 1. The van der Waals surface area contributed by atoms with Gasteiger partial charge in [0.2, 0.25) is 0 Å². The third-order valence-corrected chi connectivity index (χ3v) is 4.32. The number of nitrogens with zero attached hydrogens (tertiary/aromatic N) is 1. The number of ether oxygens (including phenoxy) is 1. The lowest BCUT2D eigenvalue weighted by Gasteiger charge is -2.11. The van der Waals surface area contributed by atoms with Crippen molar-refractivity contribution >= 4 is 40.2 Å². The molecule has 3 aromatic carbocycles. The number of anilines is 1. The Balaban J connectivity index is 1.67. The minimum absolute atomic E-state index is 0.105. The minimum Gasteiger partial charge on any atom is -0.493 e. The summed E-state index contributed by atoms with van der Waals surface area (Å²) in [5.41, 5.74) is 4.20. The summed E-state index contributed by atoms with van der Waals surface area (Å²) in [6.45, 7) is 2.78. The molecule has 0 unspecified atom stereocenters. The molecule has 0 heterocycles. The molecule has 0 saturated heterocycles. The smallest absolute Gasteiger partial charge is 0.259 e. The Hall–Kier alpha value is -3.05. The largest absolute Gasteiger partial charge is 0.493 e. The van der Waals surface area contributed by atoms with E-state index in [0.717, 1.165) is 34.2 Å². The number of carbonyl (C=O) groups is 1. The summed E-state index contributed by atoms with van der Waals surface area (Å²) in [6, 6.07) is 19.1. The molecule has 0 fully saturated rings. The first-order valence-corrected chi connectivity index (χ1v) is 9.51. The van der Waals surface area contributed by atoms with Gasteiger partial charge in [-0.05, 0) is 47.5 Å². The molecule has 5 nitrogen and oxygen atoms in total. The van der Waals surface area contributed by atoms with Gasteiger partial charge in [0, 0.05) is 16.3 Å². The predicted molar refractivity (Wildman–Crippen MR) is 115 cm³/mol. The van der Waals surface area contributed by atoms with Crippen LogP contribution in [0, 0.1) is 0 Å². The summed E-state index contributed by atoms with van der Waals surface area (Å²) in [6.07, 6.45) is 2.55. The SMILES string of the molecule is CCCOc1ccc2ccccc2c1/C=N\NC(=O)CNc1ccc(Cl)cc1. The lowest BCUT2D eigenvalue weighted by molar-refractivity contribution is -0.119. The normalized spacial score (nSPS) is 10.9. The second-order valence-corrected chi connectivity index (χ2v) is 6.64. The molecular formula is C22H22ClN3O2. The number of nitrogens with one attached hydrogen (secondary N) is 2. The van der Waals surface area contributed by atoms with Crippen molar-refractivity contribution in [2.24, 2.45) is 5.10 Å². The van der Waals surface area contributed by atoms with E-state index in [1.807, 2.05) is 48.5 Å². The van der Waals surface area contributed by atoms with Crippen LogP contribution in [0.25, 0.3) is 10.8 Å². The Labute approximate surface area is 169 Å². The van der Waals surface area contributed by atoms with E-state index in [1.54, 1.807) is 18.3 Å². The van der Waals surface area contributed by atoms with Gasteiger partial charge >= 0.3 is 0 Å². The van der Waals surface area contributed by atoms with E-state index in [2.05, 4.69) is 22.8 Å². The fourth-order valence-electron chi connectivity index (χ4n) is 2.71. The number of fused-ring (bicyclic) bond motifs is 1.